The number of primary sulfonamides is 1. The quantitative estimate of drug-likeness (QED) is 0.824. The van der Waals surface area contributed by atoms with E-state index in [-0.39, 0.29) is 11.4 Å². The molecule has 0 heterocycles. The minimum atomic E-state index is -4.08. The molecule has 0 unspecified atom stereocenters. The number of sulfonamides is 2. The summed E-state index contributed by atoms with van der Waals surface area (Å²) >= 11 is 0. The lowest BCUT2D eigenvalue weighted by Crippen LogP contribution is -2.16. The Morgan fingerprint density at radius 3 is 2.29 bits per heavy atom. The number of nitrogens with one attached hydrogen (secondary N) is 1. The van der Waals surface area contributed by atoms with Crippen molar-refractivity contribution in [3.63, 3.8) is 0 Å². The standard InChI is InChI=1S/C8H11FN2O4S2/c1-2-16(12,13)11-7-3-6(9)4-8(5-7)17(10,14)15/h3-5,11H,2H2,1H3,(H2,10,14,15). The SMILES string of the molecule is CCS(=O)(=O)Nc1cc(F)cc(S(N)(=O)=O)c1. The maximum Gasteiger partial charge on any atom is 0.238 e. The van der Waals surface area contributed by atoms with Crippen LogP contribution in [0.5, 0.6) is 0 Å². The second-order valence-electron chi connectivity index (χ2n) is 3.23. The molecule has 0 spiro atoms. The highest BCUT2D eigenvalue weighted by atomic mass is 32.2. The number of rotatable bonds is 4. The number of benzene rings is 1. The Morgan fingerprint density at radius 1 is 1.24 bits per heavy atom. The Balaban J connectivity index is 3.25. The van der Waals surface area contributed by atoms with Crippen LogP contribution in [0.4, 0.5) is 10.1 Å². The first kappa shape index (κ1) is 13.9. The largest absolute Gasteiger partial charge is 0.283 e. The van der Waals surface area contributed by atoms with Crippen LogP contribution < -0.4 is 9.86 Å². The highest BCUT2D eigenvalue weighted by Crippen LogP contribution is 2.18. The van der Waals surface area contributed by atoms with Gasteiger partial charge in [-0.3, -0.25) is 4.72 Å². The summed E-state index contributed by atoms with van der Waals surface area (Å²) in [5, 5.41) is 4.82. The summed E-state index contributed by atoms with van der Waals surface area (Å²) in [6, 6.07) is 2.52. The van der Waals surface area contributed by atoms with Crippen LogP contribution in [0.2, 0.25) is 0 Å². The molecular weight excluding hydrogens is 271 g/mol. The van der Waals surface area contributed by atoms with Gasteiger partial charge >= 0.3 is 0 Å². The zero-order valence-electron chi connectivity index (χ0n) is 8.84. The highest BCUT2D eigenvalue weighted by Gasteiger charge is 2.13. The van der Waals surface area contributed by atoms with Gasteiger partial charge in [-0.05, 0) is 25.1 Å². The predicted octanol–water partition coefficient (Wildman–Crippen LogP) is 0.235. The molecule has 3 N–H and O–H groups in total. The number of nitrogens with two attached hydrogens (primary N) is 1. The van der Waals surface area contributed by atoms with Gasteiger partial charge in [0.05, 0.1) is 16.3 Å². The third-order valence-electron chi connectivity index (χ3n) is 1.85. The molecule has 0 amide bonds. The monoisotopic (exact) mass is 282 g/mol. The second kappa shape index (κ2) is 4.59. The van der Waals surface area contributed by atoms with E-state index in [1.807, 2.05) is 4.72 Å². The minimum Gasteiger partial charge on any atom is -0.283 e. The fourth-order valence-electron chi connectivity index (χ4n) is 1.04. The molecule has 0 saturated carbocycles. The van der Waals surface area contributed by atoms with Crippen LogP contribution in [0.25, 0.3) is 0 Å². The summed E-state index contributed by atoms with van der Waals surface area (Å²) in [5.74, 6) is -1.11. The zero-order chi connectivity index (χ0) is 13.3. The number of halogens is 1. The van der Waals surface area contributed by atoms with Crippen molar-refractivity contribution < 1.29 is 21.2 Å². The van der Waals surface area contributed by atoms with Gasteiger partial charge in [0.15, 0.2) is 0 Å². The van der Waals surface area contributed by atoms with Crippen molar-refractivity contribution in [3.8, 4) is 0 Å². The Bertz CT molecular complexity index is 625. The molecule has 0 aromatic heterocycles. The van der Waals surface area contributed by atoms with E-state index in [0.29, 0.717) is 6.07 Å². The normalized spacial score (nSPS) is 12.4. The van der Waals surface area contributed by atoms with Crippen LogP contribution in [0.3, 0.4) is 0 Å². The lowest BCUT2D eigenvalue weighted by molar-refractivity contribution is 0.591. The van der Waals surface area contributed by atoms with Gasteiger partial charge in [-0.15, -0.1) is 0 Å². The van der Waals surface area contributed by atoms with E-state index in [9.17, 15) is 21.2 Å². The van der Waals surface area contributed by atoms with Gasteiger partial charge in [-0.1, -0.05) is 0 Å². The maximum absolute atomic E-state index is 13.1. The van der Waals surface area contributed by atoms with Gasteiger partial charge in [0.25, 0.3) is 0 Å². The van der Waals surface area contributed by atoms with Crippen molar-refractivity contribution in [2.45, 2.75) is 11.8 Å². The first-order valence-corrected chi connectivity index (χ1v) is 7.68. The molecule has 0 saturated heterocycles. The summed E-state index contributed by atoms with van der Waals surface area (Å²) < 4.78 is 59.6. The molecule has 0 bridgehead atoms. The molecule has 0 aliphatic heterocycles. The van der Waals surface area contributed by atoms with Gasteiger partial charge in [0, 0.05) is 0 Å². The van der Waals surface area contributed by atoms with E-state index >= 15 is 0 Å². The third kappa shape index (κ3) is 3.95. The van der Waals surface area contributed by atoms with E-state index in [2.05, 4.69) is 0 Å². The lowest BCUT2D eigenvalue weighted by Gasteiger charge is -2.07. The summed E-state index contributed by atoms with van der Waals surface area (Å²) in [5.41, 5.74) is -0.184. The molecule has 1 rings (SSSR count). The molecular formula is C8H11FN2O4S2. The molecule has 17 heavy (non-hydrogen) atoms. The Hall–Kier alpha value is -1.19. The van der Waals surface area contributed by atoms with E-state index in [1.165, 1.54) is 6.92 Å². The van der Waals surface area contributed by atoms with Gasteiger partial charge in [0.2, 0.25) is 20.0 Å². The van der Waals surface area contributed by atoms with Crippen molar-refractivity contribution in [1.29, 1.82) is 0 Å². The van der Waals surface area contributed by atoms with Crippen molar-refractivity contribution in [2.75, 3.05) is 10.5 Å². The van der Waals surface area contributed by atoms with E-state index in [4.69, 9.17) is 5.14 Å². The first-order chi connectivity index (χ1) is 7.64. The topological polar surface area (TPSA) is 106 Å². The average molecular weight is 282 g/mol. The maximum atomic E-state index is 13.1. The highest BCUT2D eigenvalue weighted by molar-refractivity contribution is 7.92. The van der Waals surface area contributed by atoms with Gasteiger partial charge in [-0.25, -0.2) is 26.4 Å². The molecule has 6 nitrogen and oxygen atoms in total. The molecule has 9 heteroatoms. The smallest absolute Gasteiger partial charge is 0.238 e. The fourth-order valence-corrected chi connectivity index (χ4v) is 2.23. The van der Waals surface area contributed by atoms with Gasteiger partial charge in [-0.2, -0.15) is 0 Å². The molecule has 0 radical (unpaired) electrons. The summed E-state index contributed by atoms with van der Waals surface area (Å²) in [4.78, 5) is -0.494. The lowest BCUT2D eigenvalue weighted by atomic mass is 10.3. The predicted molar refractivity (Wildman–Crippen MR) is 60.9 cm³/mol. The Morgan fingerprint density at radius 2 is 1.82 bits per heavy atom. The van der Waals surface area contributed by atoms with Crippen molar-refractivity contribution >= 4 is 25.7 Å². The van der Waals surface area contributed by atoms with Crippen molar-refractivity contribution in [2.24, 2.45) is 5.14 Å². The second-order valence-corrected chi connectivity index (χ2v) is 6.80. The number of anilines is 1. The molecule has 96 valence electrons. The van der Waals surface area contributed by atoms with Crippen LogP contribution in [-0.2, 0) is 20.0 Å². The van der Waals surface area contributed by atoms with Crippen LogP contribution in [0.1, 0.15) is 6.92 Å². The number of hydrogen-bond acceptors (Lipinski definition) is 4. The zero-order valence-corrected chi connectivity index (χ0v) is 10.5. The molecule has 0 fully saturated rings. The number of hydrogen-bond donors (Lipinski definition) is 2. The van der Waals surface area contributed by atoms with E-state index in [1.54, 1.807) is 0 Å². The van der Waals surface area contributed by atoms with Crippen LogP contribution in [0.15, 0.2) is 23.1 Å². The van der Waals surface area contributed by atoms with Gasteiger partial charge in [0.1, 0.15) is 5.82 Å². The van der Waals surface area contributed by atoms with Crippen molar-refractivity contribution in [1.82, 2.24) is 0 Å². The summed E-state index contributed by atoms with van der Waals surface area (Å²) in [6.07, 6.45) is 0. The molecule has 1 aromatic carbocycles. The molecule has 0 atom stereocenters. The molecule has 0 aliphatic carbocycles. The fraction of sp³-hybridized carbons (Fsp3) is 0.250. The summed E-state index contributed by atoms with van der Waals surface area (Å²) in [7, 11) is -7.69. The average Bonchev–Trinajstić information content (AvgIpc) is 2.14. The van der Waals surface area contributed by atoms with E-state index < -0.39 is 30.8 Å². The summed E-state index contributed by atoms with van der Waals surface area (Å²) in [6.45, 7) is 1.39. The Labute approximate surface area is 98.7 Å². The Kier molecular flexibility index (Phi) is 3.74. The van der Waals surface area contributed by atoms with Crippen LogP contribution in [-0.4, -0.2) is 22.6 Å². The van der Waals surface area contributed by atoms with Gasteiger partial charge < -0.3 is 0 Å². The molecule has 1 aromatic rings. The van der Waals surface area contributed by atoms with Crippen molar-refractivity contribution in [3.05, 3.63) is 24.0 Å². The van der Waals surface area contributed by atoms with Crippen LogP contribution in [0, 0.1) is 5.82 Å². The third-order valence-corrected chi connectivity index (χ3v) is 4.05. The molecule has 0 aliphatic rings. The first-order valence-electron chi connectivity index (χ1n) is 4.48. The van der Waals surface area contributed by atoms with E-state index in [0.717, 1.165) is 12.1 Å². The minimum absolute atomic E-state index is 0.184. The van der Waals surface area contributed by atoms with Crippen LogP contribution >= 0.6 is 0 Å².